The molecular formula is C16H25N3O2. The Bertz CT molecular complexity index is 499. The summed E-state index contributed by atoms with van der Waals surface area (Å²) in [5, 5.41) is 14.4. The molecular weight excluding hydrogens is 266 g/mol. The van der Waals surface area contributed by atoms with Gasteiger partial charge in [-0.3, -0.25) is 9.48 Å². The maximum Gasteiger partial charge on any atom is 0.228 e. The molecule has 0 radical (unpaired) electrons. The van der Waals surface area contributed by atoms with Crippen LogP contribution >= 0.6 is 0 Å². The van der Waals surface area contributed by atoms with Crippen molar-refractivity contribution >= 4 is 5.91 Å². The standard InChI is InChI=1S/C16H25N3O2/c1-18-12(8-9-17-18)11-16(21)19-10-4-6-14(19)13-5-2-3-7-15(13)20/h8-9,13-15,20H,2-7,10-11H2,1H3/t13-,14+,15-/m0/s1. The molecule has 5 heteroatoms. The summed E-state index contributed by atoms with van der Waals surface area (Å²) in [6.45, 7) is 0.838. The van der Waals surface area contributed by atoms with Crippen LogP contribution < -0.4 is 0 Å². The number of rotatable bonds is 3. The van der Waals surface area contributed by atoms with E-state index in [1.54, 1.807) is 10.9 Å². The van der Waals surface area contributed by atoms with Crippen LogP contribution in [-0.4, -0.2) is 44.4 Å². The van der Waals surface area contributed by atoms with Gasteiger partial charge in [0, 0.05) is 37.4 Å². The molecule has 0 aromatic carbocycles. The van der Waals surface area contributed by atoms with Crippen molar-refractivity contribution in [2.24, 2.45) is 13.0 Å². The minimum Gasteiger partial charge on any atom is -0.393 e. The third kappa shape index (κ3) is 2.98. The van der Waals surface area contributed by atoms with Gasteiger partial charge in [0.2, 0.25) is 5.91 Å². The van der Waals surface area contributed by atoms with Gasteiger partial charge in [-0.05, 0) is 31.7 Å². The highest BCUT2D eigenvalue weighted by Gasteiger charge is 2.38. The number of hydrogen-bond donors (Lipinski definition) is 1. The van der Waals surface area contributed by atoms with Gasteiger partial charge in [-0.1, -0.05) is 12.8 Å². The van der Waals surface area contributed by atoms with Crippen molar-refractivity contribution in [2.45, 2.75) is 57.1 Å². The summed E-state index contributed by atoms with van der Waals surface area (Å²) in [4.78, 5) is 14.6. The van der Waals surface area contributed by atoms with Crippen LogP contribution in [0.15, 0.2) is 12.3 Å². The lowest BCUT2D eigenvalue weighted by Crippen LogP contribution is -2.45. The Morgan fingerprint density at radius 2 is 2.14 bits per heavy atom. The van der Waals surface area contributed by atoms with E-state index in [0.717, 1.165) is 44.3 Å². The highest BCUT2D eigenvalue weighted by Crippen LogP contribution is 2.34. The Morgan fingerprint density at radius 3 is 2.86 bits per heavy atom. The fourth-order valence-electron chi connectivity index (χ4n) is 3.97. The van der Waals surface area contributed by atoms with E-state index in [1.165, 1.54) is 6.42 Å². The zero-order valence-electron chi connectivity index (χ0n) is 12.7. The first kappa shape index (κ1) is 14.6. The summed E-state index contributed by atoms with van der Waals surface area (Å²) in [5.74, 6) is 0.454. The number of hydrogen-bond acceptors (Lipinski definition) is 3. The summed E-state index contributed by atoms with van der Waals surface area (Å²) < 4.78 is 1.76. The van der Waals surface area contributed by atoms with Crippen LogP contribution in [0.1, 0.15) is 44.2 Å². The Labute approximate surface area is 125 Å². The lowest BCUT2D eigenvalue weighted by Gasteiger charge is -2.37. The van der Waals surface area contributed by atoms with Gasteiger partial charge in [0.05, 0.1) is 12.5 Å². The van der Waals surface area contributed by atoms with Crippen molar-refractivity contribution < 1.29 is 9.90 Å². The number of aliphatic hydroxyl groups is 1. The summed E-state index contributed by atoms with van der Waals surface area (Å²) in [5.41, 5.74) is 0.954. The third-order valence-electron chi connectivity index (χ3n) is 5.15. The van der Waals surface area contributed by atoms with E-state index >= 15 is 0 Å². The lowest BCUT2D eigenvalue weighted by molar-refractivity contribution is -0.133. The molecule has 2 heterocycles. The van der Waals surface area contributed by atoms with Crippen molar-refractivity contribution in [3.63, 3.8) is 0 Å². The van der Waals surface area contributed by atoms with Crippen LogP contribution in [0.4, 0.5) is 0 Å². The van der Waals surface area contributed by atoms with E-state index in [2.05, 4.69) is 5.10 Å². The van der Waals surface area contributed by atoms with Gasteiger partial charge >= 0.3 is 0 Å². The quantitative estimate of drug-likeness (QED) is 0.918. The smallest absolute Gasteiger partial charge is 0.228 e. The first-order valence-corrected chi connectivity index (χ1v) is 8.11. The number of carbonyl (C=O) groups is 1. The zero-order chi connectivity index (χ0) is 14.8. The second-order valence-corrected chi connectivity index (χ2v) is 6.44. The molecule has 1 aliphatic carbocycles. The van der Waals surface area contributed by atoms with Crippen LogP contribution in [0.2, 0.25) is 0 Å². The minimum atomic E-state index is -0.228. The van der Waals surface area contributed by atoms with Gasteiger partial charge in [0.15, 0.2) is 0 Å². The molecule has 3 rings (SSSR count). The number of likely N-dealkylation sites (tertiary alicyclic amines) is 1. The maximum absolute atomic E-state index is 12.6. The molecule has 116 valence electrons. The number of aromatic nitrogens is 2. The Hall–Kier alpha value is -1.36. The van der Waals surface area contributed by atoms with Gasteiger partial charge < -0.3 is 10.0 Å². The van der Waals surface area contributed by atoms with Gasteiger partial charge in [0.1, 0.15) is 0 Å². The molecule has 1 aliphatic heterocycles. The minimum absolute atomic E-state index is 0.180. The molecule has 21 heavy (non-hydrogen) atoms. The van der Waals surface area contributed by atoms with E-state index in [-0.39, 0.29) is 24.0 Å². The Kier molecular flexibility index (Phi) is 4.29. The van der Waals surface area contributed by atoms with Crippen molar-refractivity contribution in [1.82, 2.24) is 14.7 Å². The summed E-state index contributed by atoms with van der Waals surface area (Å²) in [6, 6.07) is 2.14. The second-order valence-electron chi connectivity index (χ2n) is 6.44. The Morgan fingerprint density at radius 1 is 1.33 bits per heavy atom. The summed E-state index contributed by atoms with van der Waals surface area (Å²) in [7, 11) is 1.87. The maximum atomic E-state index is 12.6. The van der Waals surface area contributed by atoms with Gasteiger partial charge in [0.25, 0.3) is 0 Å². The molecule has 0 spiro atoms. The number of carbonyl (C=O) groups excluding carboxylic acids is 1. The van der Waals surface area contributed by atoms with E-state index in [1.807, 2.05) is 18.0 Å². The van der Waals surface area contributed by atoms with Gasteiger partial charge in [-0.15, -0.1) is 0 Å². The van der Waals surface area contributed by atoms with Crippen LogP contribution in [0.25, 0.3) is 0 Å². The van der Waals surface area contributed by atoms with Crippen molar-refractivity contribution in [3.8, 4) is 0 Å². The predicted octanol–water partition coefficient (Wildman–Crippen LogP) is 1.50. The summed E-state index contributed by atoms with van der Waals surface area (Å²) >= 11 is 0. The predicted molar refractivity (Wildman–Crippen MR) is 79.6 cm³/mol. The first-order valence-electron chi connectivity index (χ1n) is 8.11. The van der Waals surface area contributed by atoms with Crippen LogP contribution in [0.5, 0.6) is 0 Å². The molecule has 1 aromatic heterocycles. The molecule has 0 unspecified atom stereocenters. The SMILES string of the molecule is Cn1nccc1CC(=O)N1CCC[C@@H]1[C@@H]1CCCC[C@@H]1O. The number of amides is 1. The average Bonchev–Trinajstić information content (AvgIpc) is 3.09. The van der Waals surface area contributed by atoms with Crippen LogP contribution in [0, 0.1) is 5.92 Å². The normalized spacial score (nSPS) is 29.8. The lowest BCUT2D eigenvalue weighted by atomic mass is 9.80. The molecule has 2 aliphatic rings. The van der Waals surface area contributed by atoms with Crippen molar-refractivity contribution in [3.05, 3.63) is 18.0 Å². The highest BCUT2D eigenvalue weighted by atomic mass is 16.3. The largest absolute Gasteiger partial charge is 0.393 e. The van der Waals surface area contributed by atoms with E-state index < -0.39 is 0 Å². The van der Waals surface area contributed by atoms with Crippen LogP contribution in [-0.2, 0) is 18.3 Å². The number of nitrogens with zero attached hydrogens (tertiary/aromatic N) is 3. The fourth-order valence-corrected chi connectivity index (χ4v) is 3.97. The second kappa shape index (κ2) is 6.18. The van der Waals surface area contributed by atoms with Crippen molar-refractivity contribution in [2.75, 3.05) is 6.54 Å². The molecule has 1 aromatic rings. The van der Waals surface area contributed by atoms with Crippen LogP contribution in [0.3, 0.4) is 0 Å². The molecule has 1 amide bonds. The topological polar surface area (TPSA) is 58.4 Å². The van der Waals surface area contributed by atoms with E-state index in [4.69, 9.17) is 0 Å². The first-order chi connectivity index (χ1) is 10.2. The van der Waals surface area contributed by atoms with Gasteiger partial charge in [-0.2, -0.15) is 5.10 Å². The molecule has 1 saturated carbocycles. The average molecular weight is 291 g/mol. The number of aliphatic hydroxyl groups excluding tert-OH is 1. The molecule has 3 atom stereocenters. The molecule has 2 fully saturated rings. The molecule has 1 N–H and O–H groups in total. The molecule has 5 nitrogen and oxygen atoms in total. The molecule has 0 bridgehead atoms. The summed E-state index contributed by atoms with van der Waals surface area (Å²) in [6.07, 6.45) is 8.27. The number of aryl methyl sites for hydroxylation is 1. The van der Waals surface area contributed by atoms with Crippen molar-refractivity contribution in [1.29, 1.82) is 0 Å². The zero-order valence-corrected chi connectivity index (χ0v) is 12.7. The Balaban J connectivity index is 1.68. The fraction of sp³-hybridized carbons (Fsp3) is 0.750. The monoisotopic (exact) mass is 291 g/mol. The van der Waals surface area contributed by atoms with E-state index in [9.17, 15) is 9.90 Å². The molecule has 1 saturated heterocycles. The third-order valence-corrected chi connectivity index (χ3v) is 5.15. The van der Waals surface area contributed by atoms with Gasteiger partial charge in [-0.25, -0.2) is 0 Å². The highest BCUT2D eigenvalue weighted by molar-refractivity contribution is 5.79. The van der Waals surface area contributed by atoms with E-state index in [0.29, 0.717) is 6.42 Å².